The lowest BCUT2D eigenvalue weighted by atomic mass is 10.1. The molecule has 0 aliphatic carbocycles. The van der Waals surface area contributed by atoms with Gasteiger partial charge in [-0.3, -0.25) is 9.59 Å². The third-order valence-electron chi connectivity index (χ3n) is 3.53. The summed E-state index contributed by atoms with van der Waals surface area (Å²) >= 11 is 2.58. The van der Waals surface area contributed by atoms with Crippen LogP contribution in [0.1, 0.15) is 25.6 Å². The molecule has 5 nitrogen and oxygen atoms in total. The van der Waals surface area contributed by atoms with Crippen LogP contribution in [-0.2, 0) is 7.05 Å². The van der Waals surface area contributed by atoms with Gasteiger partial charge in [0.15, 0.2) is 5.78 Å². The molecule has 0 atom stereocenters. The van der Waals surface area contributed by atoms with Gasteiger partial charge in [-0.15, -0.1) is 22.7 Å². The molecule has 1 N–H and O–H groups in total. The average Bonchev–Trinajstić information content (AvgIpc) is 3.21. The van der Waals surface area contributed by atoms with E-state index in [9.17, 15) is 14.4 Å². The van der Waals surface area contributed by atoms with Crippen LogP contribution < -0.4 is 14.8 Å². The highest BCUT2D eigenvalue weighted by Gasteiger charge is 2.06. The molecule has 2 heterocycles. The molecule has 3 rings (SSSR count). The molecule has 2 aromatic heterocycles. The third-order valence-corrected chi connectivity index (χ3v) is 5.53. The fourth-order valence-electron chi connectivity index (χ4n) is 2.18. The van der Waals surface area contributed by atoms with Crippen molar-refractivity contribution in [2.45, 2.75) is 0 Å². The van der Waals surface area contributed by atoms with Crippen LogP contribution in [0, 0.1) is 0 Å². The van der Waals surface area contributed by atoms with Gasteiger partial charge in [-0.1, -0.05) is 18.2 Å². The molecular formula is C18H13NO4S2. The quantitative estimate of drug-likeness (QED) is 0.708. The Morgan fingerprint density at radius 2 is 1.88 bits per heavy atom. The van der Waals surface area contributed by atoms with Gasteiger partial charge in [-0.2, -0.15) is 0 Å². The lowest BCUT2D eigenvalue weighted by molar-refractivity contribution is 0.0696. The summed E-state index contributed by atoms with van der Waals surface area (Å²) in [6.45, 7) is 0. The van der Waals surface area contributed by atoms with E-state index in [1.807, 2.05) is 5.38 Å². The van der Waals surface area contributed by atoms with Crippen molar-refractivity contribution >= 4 is 46.6 Å². The summed E-state index contributed by atoms with van der Waals surface area (Å²) in [6, 6.07) is 9.80. The van der Waals surface area contributed by atoms with E-state index < -0.39 is 5.97 Å². The van der Waals surface area contributed by atoms with E-state index in [1.165, 1.54) is 45.4 Å². The SMILES string of the molecule is Cn1c(=O)/c(=C\c2ccc(C(=O)O)cc2)s/c1=C\C(=O)c1cccs1. The van der Waals surface area contributed by atoms with Crippen molar-refractivity contribution < 1.29 is 14.7 Å². The fraction of sp³-hybridized carbons (Fsp3) is 0.0556. The van der Waals surface area contributed by atoms with Crippen molar-refractivity contribution in [3.8, 4) is 0 Å². The van der Waals surface area contributed by atoms with E-state index >= 15 is 0 Å². The van der Waals surface area contributed by atoms with Crippen molar-refractivity contribution in [1.82, 2.24) is 4.57 Å². The number of aromatic nitrogens is 1. The number of Topliss-reactive ketones (excluding diaryl/α,β-unsaturated/α-hetero) is 1. The second-order valence-corrected chi connectivity index (χ2v) is 7.24. The molecule has 0 radical (unpaired) electrons. The Kier molecular flexibility index (Phi) is 4.78. The van der Waals surface area contributed by atoms with E-state index in [-0.39, 0.29) is 16.9 Å². The van der Waals surface area contributed by atoms with Crippen molar-refractivity contribution in [1.29, 1.82) is 0 Å². The average molecular weight is 371 g/mol. The number of aromatic carboxylic acids is 1. The zero-order chi connectivity index (χ0) is 18.0. The Labute approximate surface area is 150 Å². The van der Waals surface area contributed by atoms with Gasteiger partial charge in [0.25, 0.3) is 5.56 Å². The maximum absolute atomic E-state index is 12.4. The minimum atomic E-state index is -0.998. The smallest absolute Gasteiger partial charge is 0.335 e. The molecule has 0 aliphatic heterocycles. The first-order valence-corrected chi connectivity index (χ1v) is 8.96. The van der Waals surface area contributed by atoms with Crippen molar-refractivity contribution in [2.75, 3.05) is 0 Å². The Balaban J connectivity index is 2.03. The summed E-state index contributed by atoms with van der Waals surface area (Å²) < 4.78 is 2.49. The van der Waals surface area contributed by atoms with E-state index in [2.05, 4.69) is 0 Å². The molecule has 25 heavy (non-hydrogen) atoms. The number of nitrogens with zero attached hydrogens (tertiary/aromatic N) is 1. The molecular weight excluding hydrogens is 358 g/mol. The number of thiophene rings is 1. The predicted octanol–water partition coefficient (Wildman–Crippen LogP) is 1.70. The molecule has 3 aromatic rings. The van der Waals surface area contributed by atoms with Gasteiger partial charge < -0.3 is 9.67 Å². The first kappa shape index (κ1) is 17.1. The Hall–Kier alpha value is -2.77. The van der Waals surface area contributed by atoms with Crippen LogP contribution >= 0.6 is 22.7 Å². The molecule has 0 fully saturated rings. The van der Waals surface area contributed by atoms with Crippen molar-refractivity contribution in [3.05, 3.63) is 77.3 Å². The highest BCUT2D eigenvalue weighted by molar-refractivity contribution is 7.12. The first-order chi connectivity index (χ1) is 12.0. The normalized spacial score (nSPS) is 12.5. The molecule has 1 aromatic carbocycles. The minimum absolute atomic E-state index is 0.135. The number of thiazole rings is 1. The molecule has 0 saturated carbocycles. The highest BCUT2D eigenvalue weighted by Crippen LogP contribution is 2.09. The largest absolute Gasteiger partial charge is 0.478 e. The number of rotatable bonds is 4. The lowest BCUT2D eigenvalue weighted by Gasteiger charge is -1.94. The summed E-state index contributed by atoms with van der Waals surface area (Å²) in [5, 5.41) is 10.7. The van der Waals surface area contributed by atoms with Crippen LogP contribution in [0.25, 0.3) is 12.2 Å². The molecule has 7 heteroatoms. The topological polar surface area (TPSA) is 76.4 Å². The summed E-state index contributed by atoms with van der Waals surface area (Å²) in [5.41, 5.74) is 0.712. The summed E-state index contributed by atoms with van der Waals surface area (Å²) in [7, 11) is 1.62. The molecule has 0 unspecified atom stereocenters. The van der Waals surface area contributed by atoms with Crippen molar-refractivity contribution in [2.24, 2.45) is 7.05 Å². The molecule has 0 saturated heterocycles. The van der Waals surface area contributed by atoms with Crippen LogP contribution in [0.2, 0.25) is 0 Å². The number of carbonyl (C=O) groups is 2. The van der Waals surface area contributed by atoms with Gasteiger partial charge in [0.2, 0.25) is 0 Å². The molecule has 0 aliphatic rings. The Morgan fingerprint density at radius 1 is 1.16 bits per heavy atom. The first-order valence-electron chi connectivity index (χ1n) is 7.26. The van der Waals surface area contributed by atoms with Crippen LogP contribution in [0.3, 0.4) is 0 Å². The highest BCUT2D eigenvalue weighted by atomic mass is 32.1. The minimum Gasteiger partial charge on any atom is -0.478 e. The van der Waals surface area contributed by atoms with E-state index in [0.717, 1.165) is 5.56 Å². The maximum atomic E-state index is 12.4. The fourth-order valence-corrected chi connectivity index (χ4v) is 3.85. The number of carboxylic acid groups (broad SMARTS) is 1. The van der Waals surface area contributed by atoms with Crippen LogP contribution in [0.15, 0.2) is 46.6 Å². The number of carbonyl (C=O) groups excluding carboxylic acids is 1. The lowest BCUT2D eigenvalue weighted by Crippen LogP contribution is -2.29. The summed E-state index contributed by atoms with van der Waals surface area (Å²) in [5.74, 6) is -1.13. The van der Waals surface area contributed by atoms with Crippen molar-refractivity contribution in [3.63, 3.8) is 0 Å². The second kappa shape index (κ2) is 7.00. The number of carboxylic acids is 1. The number of ketones is 1. The monoisotopic (exact) mass is 371 g/mol. The van der Waals surface area contributed by atoms with Gasteiger partial charge in [0.1, 0.15) is 4.66 Å². The summed E-state index contributed by atoms with van der Waals surface area (Å²) in [6.07, 6.45) is 3.15. The number of benzene rings is 1. The van der Waals surface area contributed by atoms with Gasteiger partial charge in [-0.05, 0) is 35.2 Å². The molecule has 0 spiro atoms. The zero-order valence-electron chi connectivity index (χ0n) is 13.1. The third kappa shape index (κ3) is 3.67. The molecule has 126 valence electrons. The van der Waals surface area contributed by atoms with Crippen LogP contribution in [-0.4, -0.2) is 21.4 Å². The van der Waals surface area contributed by atoms with Gasteiger partial charge in [0, 0.05) is 13.1 Å². The predicted molar refractivity (Wildman–Crippen MR) is 98.9 cm³/mol. The zero-order valence-corrected chi connectivity index (χ0v) is 14.8. The standard InChI is InChI=1S/C18H13NO4S2/c1-19-16(10-13(20)14-3-2-8-24-14)25-15(17(19)21)9-11-4-6-12(7-5-11)18(22)23/h2-10H,1H3,(H,22,23)/b15-9+,16-10-. The van der Waals surface area contributed by atoms with E-state index in [4.69, 9.17) is 5.11 Å². The van der Waals surface area contributed by atoms with Crippen LogP contribution in [0.4, 0.5) is 0 Å². The van der Waals surface area contributed by atoms with E-state index in [1.54, 1.807) is 37.4 Å². The van der Waals surface area contributed by atoms with Crippen LogP contribution in [0.5, 0.6) is 0 Å². The number of hydrogen-bond acceptors (Lipinski definition) is 5. The maximum Gasteiger partial charge on any atom is 0.335 e. The Bertz CT molecular complexity index is 1100. The molecule has 0 bridgehead atoms. The Morgan fingerprint density at radius 3 is 2.48 bits per heavy atom. The van der Waals surface area contributed by atoms with Gasteiger partial charge in [0.05, 0.1) is 15.0 Å². The number of hydrogen-bond donors (Lipinski definition) is 1. The van der Waals surface area contributed by atoms with Gasteiger partial charge in [-0.25, -0.2) is 4.79 Å². The van der Waals surface area contributed by atoms with Gasteiger partial charge >= 0.3 is 5.97 Å². The second-order valence-electron chi connectivity index (χ2n) is 5.23. The molecule has 0 amide bonds. The van der Waals surface area contributed by atoms with E-state index in [0.29, 0.717) is 14.1 Å². The summed E-state index contributed by atoms with van der Waals surface area (Å²) in [4.78, 5) is 36.0.